The van der Waals surface area contributed by atoms with Crippen molar-refractivity contribution in [2.24, 2.45) is 5.92 Å². The van der Waals surface area contributed by atoms with Crippen molar-refractivity contribution >= 4 is 29.0 Å². The highest BCUT2D eigenvalue weighted by molar-refractivity contribution is 8.18. The zero-order chi connectivity index (χ0) is 27.4. The van der Waals surface area contributed by atoms with Gasteiger partial charge in [-0.1, -0.05) is 18.2 Å². The molecule has 1 saturated carbocycles. The maximum absolute atomic E-state index is 12.9. The zero-order valence-electron chi connectivity index (χ0n) is 20.9. The molecular formula is C28H26F3N5O2S. The van der Waals surface area contributed by atoms with Crippen molar-refractivity contribution in [2.45, 2.75) is 50.9 Å². The number of thioether (sulfide) groups is 1. The third-order valence-electron chi connectivity index (χ3n) is 6.92. The van der Waals surface area contributed by atoms with E-state index in [4.69, 9.17) is 0 Å². The van der Waals surface area contributed by atoms with Crippen molar-refractivity contribution < 1.29 is 22.8 Å². The Morgan fingerprint density at radius 3 is 2.46 bits per heavy atom. The SMILES string of the molecule is O=C1NC(=O)/C(=C/c2ccnc(CC3CCC(NCc4cccnc4-c4ccc(C(F)(F)F)cc4)CC3)n2)S1. The van der Waals surface area contributed by atoms with Crippen LogP contribution in [0.2, 0.25) is 0 Å². The van der Waals surface area contributed by atoms with Gasteiger partial charge in [-0.15, -0.1) is 0 Å². The third-order valence-corrected chi connectivity index (χ3v) is 7.73. The van der Waals surface area contributed by atoms with Gasteiger partial charge in [-0.05, 0) is 79.3 Å². The monoisotopic (exact) mass is 553 g/mol. The molecule has 2 aliphatic rings. The summed E-state index contributed by atoms with van der Waals surface area (Å²) in [6, 6.07) is 10.9. The van der Waals surface area contributed by atoms with Crippen LogP contribution in [0.1, 0.15) is 48.3 Å². The number of hydrogen-bond acceptors (Lipinski definition) is 7. The normalized spacial score (nSPS) is 20.8. The number of alkyl halides is 3. The molecule has 1 saturated heterocycles. The van der Waals surface area contributed by atoms with Crippen LogP contribution in [-0.4, -0.2) is 32.1 Å². The summed E-state index contributed by atoms with van der Waals surface area (Å²) in [6.45, 7) is 0.577. The van der Waals surface area contributed by atoms with Gasteiger partial charge in [-0.2, -0.15) is 13.2 Å². The van der Waals surface area contributed by atoms with Crippen LogP contribution in [-0.2, 0) is 23.9 Å². The summed E-state index contributed by atoms with van der Waals surface area (Å²) in [7, 11) is 0. The van der Waals surface area contributed by atoms with E-state index >= 15 is 0 Å². The average molecular weight is 554 g/mol. The van der Waals surface area contributed by atoms with E-state index in [1.54, 1.807) is 24.5 Å². The number of carbonyl (C=O) groups excluding carboxylic acids is 2. The first-order valence-corrected chi connectivity index (χ1v) is 13.5. The van der Waals surface area contributed by atoms with Crippen LogP contribution >= 0.6 is 11.8 Å². The Bertz CT molecular complexity index is 1390. The maximum atomic E-state index is 12.9. The number of carbonyl (C=O) groups is 2. The number of amides is 2. The third kappa shape index (κ3) is 6.90. The molecule has 39 heavy (non-hydrogen) atoms. The van der Waals surface area contributed by atoms with Gasteiger partial charge >= 0.3 is 6.18 Å². The minimum absolute atomic E-state index is 0.325. The van der Waals surface area contributed by atoms with E-state index < -0.39 is 17.6 Å². The van der Waals surface area contributed by atoms with Gasteiger partial charge in [0.25, 0.3) is 11.1 Å². The van der Waals surface area contributed by atoms with E-state index in [1.165, 1.54) is 12.1 Å². The van der Waals surface area contributed by atoms with Crippen LogP contribution in [0.5, 0.6) is 0 Å². The number of benzene rings is 1. The summed E-state index contributed by atoms with van der Waals surface area (Å²) < 4.78 is 38.8. The predicted molar refractivity (Wildman–Crippen MR) is 142 cm³/mol. The molecule has 1 aromatic carbocycles. The molecular weight excluding hydrogens is 527 g/mol. The van der Waals surface area contributed by atoms with Gasteiger partial charge in [-0.25, -0.2) is 9.97 Å². The molecule has 1 aliphatic carbocycles. The number of imide groups is 1. The highest BCUT2D eigenvalue weighted by Gasteiger charge is 2.30. The largest absolute Gasteiger partial charge is 0.416 e. The number of hydrogen-bond donors (Lipinski definition) is 2. The fourth-order valence-electron chi connectivity index (χ4n) is 4.89. The van der Waals surface area contributed by atoms with Crippen LogP contribution in [0.4, 0.5) is 18.0 Å². The summed E-state index contributed by atoms with van der Waals surface area (Å²) in [5, 5.41) is 5.45. The second-order valence-electron chi connectivity index (χ2n) is 9.64. The Morgan fingerprint density at radius 2 is 1.77 bits per heavy atom. The zero-order valence-corrected chi connectivity index (χ0v) is 21.7. The summed E-state index contributed by atoms with van der Waals surface area (Å²) in [5.41, 5.74) is 2.19. The molecule has 7 nitrogen and oxygen atoms in total. The van der Waals surface area contributed by atoms with Gasteiger partial charge in [0.15, 0.2) is 0 Å². The molecule has 2 fully saturated rings. The number of halogens is 3. The fourth-order valence-corrected chi connectivity index (χ4v) is 5.56. The fraction of sp³-hybridized carbons (Fsp3) is 0.321. The number of aromatic nitrogens is 3. The minimum Gasteiger partial charge on any atom is -0.310 e. The Morgan fingerprint density at radius 1 is 1.00 bits per heavy atom. The van der Waals surface area contributed by atoms with Crippen molar-refractivity contribution in [3.8, 4) is 11.3 Å². The van der Waals surface area contributed by atoms with E-state index in [2.05, 4.69) is 25.6 Å². The van der Waals surface area contributed by atoms with Crippen molar-refractivity contribution in [3.05, 3.63) is 82.4 Å². The topological polar surface area (TPSA) is 96.9 Å². The first-order valence-electron chi connectivity index (χ1n) is 12.7. The minimum atomic E-state index is -4.37. The second-order valence-corrected chi connectivity index (χ2v) is 10.7. The van der Waals surface area contributed by atoms with Gasteiger partial charge < -0.3 is 5.32 Å². The van der Waals surface area contributed by atoms with Crippen molar-refractivity contribution in [3.63, 3.8) is 0 Å². The first kappa shape index (κ1) is 27.0. The Hall–Kier alpha value is -3.57. The summed E-state index contributed by atoms with van der Waals surface area (Å²) in [5.74, 6) is 0.749. The van der Waals surface area contributed by atoms with E-state index in [0.29, 0.717) is 46.2 Å². The smallest absolute Gasteiger partial charge is 0.310 e. The lowest BCUT2D eigenvalue weighted by Gasteiger charge is -2.29. The second kappa shape index (κ2) is 11.7. The predicted octanol–water partition coefficient (Wildman–Crippen LogP) is 5.77. The molecule has 0 unspecified atom stereocenters. The molecule has 202 valence electrons. The molecule has 0 spiro atoms. The lowest BCUT2D eigenvalue weighted by Crippen LogP contribution is -2.33. The van der Waals surface area contributed by atoms with Gasteiger partial charge in [0, 0.05) is 37.0 Å². The van der Waals surface area contributed by atoms with E-state index in [1.807, 2.05) is 12.1 Å². The van der Waals surface area contributed by atoms with Crippen LogP contribution in [0.3, 0.4) is 0 Å². The Labute approximate surface area is 227 Å². The molecule has 0 bridgehead atoms. The summed E-state index contributed by atoms with van der Waals surface area (Å²) >= 11 is 0.863. The Kier molecular flexibility index (Phi) is 8.08. The van der Waals surface area contributed by atoms with Crippen LogP contribution in [0, 0.1) is 5.92 Å². The lowest BCUT2D eigenvalue weighted by atomic mass is 9.84. The Balaban J connectivity index is 1.14. The van der Waals surface area contributed by atoms with Crippen molar-refractivity contribution in [1.82, 2.24) is 25.6 Å². The molecule has 2 N–H and O–H groups in total. The summed E-state index contributed by atoms with van der Waals surface area (Å²) in [6.07, 6.45) is 5.30. The molecule has 0 radical (unpaired) electrons. The molecule has 2 aromatic heterocycles. The summed E-state index contributed by atoms with van der Waals surface area (Å²) in [4.78, 5) is 36.9. The van der Waals surface area contributed by atoms with E-state index in [0.717, 1.165) is 61.6 Å². The standard InChI is InChI=1S/C28H26F3N5O2S/c29-28(30,31)20-7-5-18(6-8-20)25-19(2-1-12-33-25)16-34-21-9-3-17(4-10-21)14-24-32-13-11-22(35-24)15-23-26(37)36-27(38)39-23/h1-2,5-8,11-13,15,17,21,34H,3-4,9-10,14,16H2,(H,36,37,38)/b23-15-. The molecule has 0 atom stereocenters. The van der Waals surface area contributed by atoms with Crippen molar-refractivity contribution in [1.29, 1.82) is 0 Å². The number of rotatable bonds is 7. The first-order chi connectivity index (χ1) is 18.7. The molecule has 3 aromatic rings. The van der Waals surface area contributed by atoms with E-state index in [-0.39, 0.29) is 5.24 Å². The highest BCUT2D eigenvalue weighted by atomic mass is 32.2. The van der Waals surface area contributed by atoms with Gasteiger partial charge in [-0.3, -0.25) is 19.9 Å². The number of pyridine rings is 1. The molecule has 1 aliphatic heterocycles. The maximum Gasteiger partial charge on any atom is 0.416 e. The van der Waals surface area contributed by atoms with Gasteiger partial charge in [0.2, 0.25) is 0 Å². The van der Waals surface area contributed by atoms with Gasteiger partial charge in [0.1, 0.15) is 5.82 Å². The quantitative estimate of drug-likeness (QED) is 0.359. The molecule has 2 amide bonds. The molecule has 11 heteroatoms. The lowest BCUT2D eigenvalue weighted by molar-refractivity contribution is -0.137. The molecule has 5 rings (SSSR count). The van der Waals surface area contributed by atoms with Crippen LogP contribution in [0.25, 0.3) is 17.3 Å². The number of nitrogens with one attached hydrogen (secondary N) is 2. The molecule has 3 heterocycles. The van der Waals surface area contributed by atoms with Crippen LogP contribution in [0.15, 0.2) is 59.8 Å². The number of nitrogens with zero attached hydrogens (tertiary/aromatic N) is 3. The average Bonchev–Trinajstić information content (AvgIpc) is 3.24. The van der Waals surface area contributed by atoms with Gasteiger partial charge in [0.05, 0.1) is 21.9 Å². The van der Waals surface area contributed by atoms with E-state index in [9.17, 15) is 22.8 Å². The highest BCUT2D eigenvalue weighted by Crippen LogP contribution is 2.32. The van der Waals surface area contributed by atoms with Crippen LogP contribution < -0.4 is 10.6 Å². The van der Waals surface area contributed by atoms with Crippen molar-refractivity contribution in [2.75, 3.05) is 0 Å².